The number of nitrogens with zero attached hydrogens (tertiary/aromatic N) is 2. The molecule has 1 aromatic carbocycles. The number of aliphatic hydroxyl groups is 1. The van der Waals surface area contributed by atoms with Crippen molar-refractivity contribution in [3.63, 3.8) is 0 Å². The molecule has 1 aliphatic carbocycles. The second-order valence-corrected chi connectivity index (χ2v) is 10.3. The molecule has 1 aromatic rings. The summed E-state index contributed by atoms with van der Waals surface area (Å²) in [6, 6.07) is 4.69. The lowest BCUT2D eigenvalue weighted by molar-refractivity contribution is -0.129. The fourth-order valence-corrected chi connectivity index (χ4v) is 5.80. The fraction of sp³-hybridized carbons (Fsp3) is 0.591. The van der Waals surface area contributed by atoms with Crippen LogP contribution >= 0.6 is 0 Å². The van der Waals surface area contributed by atoms with Crippen LogP contribution in [0, 0.1) is 5.92 Å². The summed E-state index contributed by atoms with van der Waals surface area (Å²) >= 11 is 0. The largest absolute Gasteiger partial charge is 0.487 e. The van der Waals surface area contributed by atoms with Gasteiger partial charge in [-0.1, -0.05) is 19.1 Å². The Kier molecular flexibility index (Phi) is 6.89. The smallest absolute Gasteiger partial charge is 0.247 e. The van der Waals surface area contributed by atoms with Gasteiger partial charge in [0.25, 0.3) is 0 Å². The van der Waals surface area contributed by atoms with Crippen LogP contribution in [0.5, 0.6) is 5.75 Å². The lowest BCUT2D eigenvalue weighted by Crippen LogP contribution is -2.50. The highest BCUT2D eigenvalue weighted by Crippen LogP contribution is 2.37. The van der Waals surface area contributed by atoms with Crippen LogP contribution < -0.4 is 4.74 Å². The minimum atomic E-state index is -3.85. The molecule has 3 atom stereocenters. The lowest BCUT2D eigenvalue weighted by atomic mass is 10.0. The Morgan fingerprint density at radius 1 is 1.40 bits per heavy atom. The van der Waals surface area contributed by atoms with Crippen molar-refractivity contribution in [3.05, 3.63) is 29.8 Å². The van der Waals surface area contributed by atoms with Crippen LogP contribution in [0.1, 0.15) is 45.6 Å². The van der Waals surface area contributed by atoms with Crippen LogP contribution in [-0.4, -0.2) is 67.5 Å². The molecule has 7 nitrogen and oxygen atoms in total. The molecule has 1 amide bonds. The molecule has 1 heterocycles. The maximum absolute atomic E-state index is 13.4. The third kappa shape index (κ3) is 4.55. The molecule has 1 N–H and O–H groups in total. The molecule has 0 bridgehead atoms. The van der Waals surface area contributed by atoms with Gasteiger partial charge in [0.15, 0.2) is 0 Å². The Balaban J connectivity index is 2.09. The number of aliphatic hydroxyl groups excluding tert-OH is 1. The van der Waals surface area contributed by atoms with Crippen LogP contribution in [0.4, 0.5) is 0 Å². The van der Waals surface area contributed by atoms with Gasteiger partial charge in [-0.05, 0) is 49.5 Å². The molecule has 8 heteroatoms. The summed E-state index contributed by atoms with van der Waals surface area (Å²) in [5.41, 5.74) is 2.17. The molecule has 2 aliphatic rings. The molecule has 0 unspecified atom stereocenters. The number of carbonyl (C=O) groups excluding carboxylic acids is 1. The third-order valence-electron chi connectivity index (χ3n) is 6.07. The number of likely N-dealkylation sites (N-methyl/N-ethyl adjacent to an activating group) is 1. The molecule has 3 rings (SSSR count). The van der Waals surface area contributed by atoms with Crippen molar-refractivity contribution < 1.29 is 23.1 Å². The van der Waals surface area contributed by atoms with Crippen molar-refractivity contribution in [2.24, 2.45) is 5.92 Å². The van der Waals surface area contributed by atoms with Crippen molar-refractivity contribution >= 4 is 21.5 Å². The minimum Gasteiger partial charge on any atom is -0.487 e. The van der Waals surface area contributed by atoms with Gasteiger partial charge < -0.3 is 14.7 Å². The zero-order chi connectivity index (χ0) is 22.1. The molecule has 166 valence electrons. The first-order chi connectivity index (χ1) is 14.1. The Labute approximate surface area is 179 Å². The summed E-state index contributed by atoms with van der Waals surface area (Å²) in [6.45, 7) is 5.39. The Morgan fingerprint density at radius 3 is 2.73 bits per heavy atom. The average Bonchev–Trinajstić information content (AvgIpc) is 3.24. The zero-order valence-electron chi connectivity index (χ0n) is 18.2. The van der Waals surface area contributed by atoms with Gasteiger partial charge in [-0.25, -0.2) is 8.42 Å². The van der Waals surface area contributed by atoms with Gasteiger partial charge in [0.1, 0.15) is 16.7 Å². The van der Waals surface area contributed by atoms with E-state index in [1.165, 1.54) is 16.8 Å². The molecule has 0 aromatic heterocycles. The number of sulfonamides is 1. The first-order valence-corrected chi connectivity index (χ1v) is 11.9. The number of ether oxygens (including phenoxy) is 1. The zero-order valence-corrected chi connectivity index (χ0v) is 19.0. The first-order valence-electron chi connectivity index (χ1n) is 10.5. The van der Waals surface area contributed by atoms with Crippen molar-refractivity contribution in [1.82, 2.24) is 9.21 Å². The summed E-state index contributed by atoms with van der Waals surface area (Å²) in [5.74, 6) is 0.0492. The van der Waals surface area contributed by atoms with Crippen LogP contribution in [0.2, 0.25) is 0 Å². The van der Waals surface area contributed by atoms with E-state index in [9.17, 15) is 18.3 Å². The van der Waals surface area contributed by atoms with Gasteiger partial charge in [-0.3, -0.25) is 4.79 Å². The number of carbonyl (C=O) groups is 1. The topological polar surface area (TPSA) is 87.2 Å². The minimum absolute atomic E-state index is 0.0776. The SMILES string of the molecule is CC(=O)N(C)C[C@@H]1Oc2cc(C3=CCCC3)ccc2S(=O)(=O)N([C@H](C)CO)C[C@@H]1C. The van der Waals surface area contributed by atoms with E-state index in [0.29, 0.717) is 12.3 Å². The molecule has 0 saturated carbocycles. The maximum Gasteiger partial charge on any atom is 0.247 e. The van der Waals surface area contributed by atoms with Crippen LogP contribution in [-0.2, 0) is 14.8 Å². The standard InChI is InChI=1S/C22H32N2O5S/c1-15-12-24(16(2)14-25)30(27,28)22-10-9-19(18-7-5-6-8-18)11-20(22)29-21(15)13-23(4)17(3)26/h7,9-11,15-16,21,25H,5-6,8,12-14H2,1-4H3/t15-,16+,21-/m0/s1. The Morgan fingerprint density at radius 2 is 2.13 bits per heavy atom. The molecule has 1 aliphatic heterocycles. The molecule has 0 spiro atoms. The second kappa shape index (κ2) is 9.08. The van der Waals surface area contributed by atoms with E-state index >= 15 is 0 Å². The van der Waals surface area contributed by atoms with E-state index in [0.717, 1.165) is 24.8 Å². The van der Waals surface area contributed by atoms with Crippen molar-refractivity contribution in [2.45, 2.75) is 57.1 Å². The summed E-state index contributed by atoms with van der Waals surface area (Å²) < 4.78 is 34.5. The summed E-state index contributed by atoms with van der Waals surface area (Å²) in [4.78, 5) is 13.5. The summed E-state index contributed by atoms with van der Waals surface area (Å²) in [7, 11) is -2.14. The Bertz CT molecular complexity index is 927. The molecule has 0 radical (unpaired) electrons. The number of rotatable bonds is 5. The predicted molar refractivity (Wildman–Crippen MR) is 116 cm³/mol. The van der Waals surface area contributed by atoms with E-state index in [1.54, 1.807) is 24.9 Å². The predicted octanol–water partition coefficient (Wildman–Crippen LogP) is 2.50. The number of hydrogen-bond donors (Lipinski definition) is 1. The van der Waals surface area contributed by atoms with Gasteiger partial charge in [0.2, 0.25) is 15.9 Å². The number of hydrogen-bond acceptors (Lipinski definition) is 5. The lowest BCUT2D eigenvalue weighted by Gasteiger charge is -2.37. The van der Waals surface area contributed by atoms with Crippen LogP contribution in [0.3, 0.4) is 0 Å². The van der Waals surface area contributed by atoms with E-state index < -0.39 is 16.1 Å². The highest BCUT2D eigenvalue weighted by molar-refractivity contribution is 7.89. The highest BCUT2D eigenvalue weighted by Gasteiger charge is 2.38. The van der Waals surface area contributed by atoms with E-state index in [2.05, 4.69) is 6.08 Å². The molecule has 0 fully saturated rings. The van der Waals surface area contributed by atoms with Crippen LogP contribution in [0.25, 0.3) is 5.57 Å². The van der Waals surface area contributed by atoms with Gasteiger partial charge >= 0.3 is 0 Å². The van der Waals surface area contributed by atoms with Crippen molar-refractivity contribution in [3.8, 4) is 5.75 Å². The molecular weight excluding hydrogens is 404 g/mol. The van der Waals surface area contributed by atoms with E-state index in [1.807, 2.05) is 19.1 Å². The maximum atomic E-state index is 13.4. The fourth-order valence-electron chi connectivity index (χ4n) is 3.97. The van der Waals surface area contributed by atoms with Gasteiger partial charge in [0, 0.05) is 32.5 Å². The molecule has 30 heavy (non-hydrogen) atoms. The number of amides is 1. The highest BCUT2D eigenvalue weighted by atomic mass is 32.2. The third-order valence-corrected chi connectivity index (χ3v) is 8.09. The summed E-state index contributed by atoms with van der Waals surface area (Å²) in [6.07, 6.45) is 4.89. The second-order valence-electron chi connectivity index (χ2n) is 8.42. The molecule has 0 saturated heterocycles. The van der Waals surface area contributed by atoms with Gasteiger partial charge in [-0.15, -0.1) is 0 Å². The monoisotopic (exact) mass is 436 g/mol. The van der Waals surface area contributed by atoms with Gasteiger partial charge in [-0.2, -0.15) is 4.31 Å². The average molecular weight is 437 g/mol. The van der Waals surface area contributed by atoms with E-state index in [-0.39, 0.29) is 36.0 Å². The normalized spacial score (nSPS) is 24.8. The van der Waals surface area contributed by atoms with E-state index in [4.69, 9.17) is 4.74 Å². The number of allylic oxidation sites excluding steroid dienone is 2. The van der Waals surface area contributed by atoms with Crippen LogP contribution in [0.15, 0.2) is 29.2 Å². The number of benzene rings is 1. The first kappa shape index (κ1) is 22.8. The Hall–Kier alpha value is -1.90. The molecular formula is C22H32N2O5S. The van der Waals surface area contributed by atoms with Gasteiger partial charge in [0.05, 0.1) is 13.2 Å². The quantitative estimate of drug-likeness (QED) is 0.766. The van der Waals surface area contributed by atoms with Crippen molar-refractivity contribution in [1.29, 1.82) is 0 Å². The number of fused-ring (bicyclic) bond motifs is 1. The van der Waals surface area contributed by atoms with Crippen molar-refractivity contribution in [2.75, 3.05) is 26.7 Å². The summed E-state index contributed by atoms with van der Waals surface area (Å²) in [5, 5.41) is 9.69.